The van der Waals surface area contributed by atoms with Crippen molar-refractivity contribution in [2.45, 2.75) is 6.92 Å². The number of hydrogen-bond donors (Lipinski definition) is 4. The van der Waals surface area contributed by atoms with Crippen LogP contribution in [0, 0.1) is 0 Å². The molecule has 8 nitrogen and oxygen atoms in total. The number of carbonyl (C=O) groups is 2. The number of thiophene rings is 1. The molecule has 0 fully saturated rings. The third-order valence-corrected chi connectivity index (χ3v) is 5.61. The Hall–Kier alpha value is -1.90. The van der Waals surface area contributed by atoms with Gasteiger partial charge in [0.05, 0.1) is 0 Å². The van der Waals surface area contributed by atoms with Gasteiger partial charge in [0, 0.05) is 0 Å². The second kappa shape index (κ2) is 8.66. The number of anilines is 1. The van der Waals surface area contributed by atoms with Gasteiger partial charge >= 0.3 is 94.4 Å². The van der Waals surface area contributed by atoms with Gasteiger partial charge in [0.15, 0.2) is 0 Å². The fourth-order valence-electron chi connectivity index (χ4n) is 1.41. The van der Waals surface area contributed by atoms with Gasteiger partial charge in [0.25, 0.3) is 0 Å². The summed E-state index contributed by atoms with van der Waals surface area (Å²) in [5, 5.41) is 20.7. The molecule has 4 N–H and O–H groups in total. The van der Waals surface area contributed by atoms with Crippen molar-refractivity contribution in [1.82, 2.24) is 0 Å². The Balaban J connectivity index is 0.000000277. The zero-order valence-corrected chi connectivity index (χ0v) is 14.6. The fraction of sp³-hybridized carbons (Fsp3) is 0.0769. The summed E-state index contributed by atoms with van der Waals surface area (Å²) in [6.45, 7) is 1.32. The first-order chi connectivity index (χ1) is 10.8. The SMILES string of the molecule is CC(=O)Nc1cccc([As](=O)(O)OO)c1.O=C(O)c1cccs1. The third kappa shape index (κ3) is 6.39. The molecule has 23 heavy (non-hydrogen) atoms. The van der Waals surface area contributed by atoms with Crippen molar-refractivity contribution in [1.29, 1.82) is 0 Å². The van der Waals surface area contributed by atoms with E-state index in [4.69, 9.17) is 10.4 Å². The summed E-state index contributed by atoms with van der Waals surface area (Å²) in [6.07, 6.45) is 0. The van der Waals surface area contributed by atoms with Crippen LogP contribution in [0.1, 0.15) is 16.6 Å². The number of carboxylic acids is 1. The van der Waals surface area contributed by atoms with Crippen LogP contribution in [0.25, 0.3) is 0 Å². The van der Waals surface area contributed by atoms with E-state index in [1.54, 1.807) is 23.6 Å². The molecule has 124 valence electrons. The Labute approximate surface area is 138 Å². The molecule has 0 aliphatic carbocycles. The van der Waals surface area contributed by atoms with Gasteiger partial charge in [-0.25, -0.2) is 4.79 Å². The first kappa shape index (κ1) is 19.1. The summed E-state index contributed by atoms with van der Waals surface area (Å²) in [4.78, 5) is 21.2. The number of benzene rings is 1. The maximum atomic E-state index is 11.3. The molecule has 2 rings (SSSR count). The summed E-state index contributed by atoms with van der Waals surface area (Å²) in [6, 6.07) is 8.93. The Morgan fingerprint density at radius 3 is 2.39 bits per heavy atom. The molecule has 1 aromatic carbocycles. The fourth-order valence-corrected chi connectivity index (χ4v) is 3.38. The number of nitrogens with one attached hydrogen (secondary N) is 1. The Morgan fingerprint density at radius 2 is 1.96 bits per heavy atom. The standard InChI is InChI=1S/C8H10AsNO5.C5H4O2S/c1-6(11)10-8-4-2-3-7(5-8)9(12,13)15-14;6-5(7)4-2-1-3-8-4/h2-5,14H,1H3,(H,10,11)(H,12,13);1-3H,(H,6,7). The molecule has 0 aliphatic heterocycles. The van der Waals surface area contributed by atoms with Crippen LogP contribution in [0.5, 0.6) is 0 Å². The first-order valence-electron chi connectivity index (χ1n) is 6.07. The van der Waals surface area contributed by atoms with Gasteiger partial charge in [0.1, 0.15) is 4.88 Å². The average molecular weight is 403 g/mol. The van der Waals surface area contributed by atoms with E-state index < -0.39 is 20.1 Å². The van der Waals surface area contributed by atoms with Crippen molar-refractivity contribution < 1.29 is 31.7 Å². The van der Waals surface area contributed by atoms with E-state index in [1.165, 1.54) is 36.5 Å². The molecule has 0 radical (unpaired) electrons. The average Bonchev–Trinajstić information content (AvgIpc) is 3.02. The topological polar surface area (TPSA) is 133 Å². The molecule has 0 aliphatic rings. The summed E-state index contributed by atoms with van der Waals surface area (Å²) in [5.41, 5.74) is 0.368. The number of rotatable bonds is 4. The largest absolute Gasteiger partial charge is 0.477 e. The molecule has 1 atom stereocenters. The van der Waals surface area contributed by atoms with Crippen LogP contribution in [0.2, 0.25) is 0 Å². The summed E-state index contributed by atoms with van der Waals surface area (Å²) < 4.78 is 23.9. The van der Waals surface area contributed by atoms with E-state index in [2.05, 4.69) is 9.19 Å². The molecule has 10 heteroatoms. The molecular formula is C13H14AsNO7S. The normalized spacial score (nSPS) is 12.5. The summed E-state index contributed by atoms with van der Waals surface area (Å²) in [5.74, 6) is -1.14. The number of carbonyl (C=O) groups excluding carboxylic acids is 1. The molecule has 1 amide bonds. The molecule has 0 saturated carbocycles. The Bertz CT molecular complexity index is 717. The minimum absolute atomic E-state index is 0.0399. The van der Waals surface area contributed by atoms with Crippen LogP contribution in [-0.4, -0.2) is 40.5 Å². The Kier molecular flexibility index (Phi) is 7.21. The van der Waals surface area contributed by atoms with E-state index in [1.807, 2.05) is 0 Å². The second-order valence-electron chi connectivity index (χ2n) is 4.12. The van der Waals surface area contributed by atoms with Crippen LogP contribution >= 0.6 is 11.3 Å². The van der Waals surface area contributed by atoms with Crippen molar-refractivity contribution in [2.75, 3.05) is 5.32 Å². The van der Waals surface area contributed by atoms with Crippen LogP contribution in [-0.2, 0) is 12.4 Å². The number of carboxylic acid groups (broad SMARTS) is 1. The molecule has 1 heterocycles. The zero-order valence-electron chi connectivity index (χ0n) is 11.9. The van der Waals surface area contributed by atoms with Gasteiger partial charge in [-0.3, -0.25) is 0 Å². The van der Waals surface area contributed by atoms with Crippen molar-refractivity contribution in [3.05, 3.63) is 46.7 Å². The minimum Gasteiger partial charge on any atom is -0.477 e. The van der Waals surface area contributed by atoms with Gasteiger partial charge in [-0.2, -0.15) is 0 Å². The van der Waals surface area contributed by atoms with Crippen LogP contribution in [0.3, 0.4) is 0 Å². The molecule has 1 unspecified atom stereocenters. The molecule has 2 aromatic rings. The monoisotopic (exact) mass is 403 g/mol. The number of amides is 1. The number of hydrogen-bond acceptors (Lipinski definition) is 6. The van der Waals surface area contributed by atoms with Gasteiger partial charge in [0.2, 0.25) is 0 Å². The zero-order chi connectivity index (χ0) is 17.5. The number of aromatic carboxylic acids is 1. The van der Waals surface area contributed by atoms with Crippen LogP contribution in [0.15, 0.2) is 41.8 Å². The van der Waals surface area contributed by atoms with Crippen LogP contribution in [0.4, 0.5) is 5.69 Å². The first-order valence-corrected chi connectivity index (χ1v) is 10.3. The third-order valence-electron chi connectivity index (χ3n) is 2.34. The molecule has 1 aromatic heterocycles. The maximum absolute atomic E-state index is 11.3. The van der Waals surface area contributed by atoms with Gasteiger partial charge in [-0.15, -0.1) is 11.3 Å². The minimum atomic E-state index is -4.83. The predicted octanol–water partition coefficient (Wildman–Crippen LogP) is 1.15. The predicted molar refractivity (Wildman–Crippen MR) is 84.0 cm³/mol. The van der Waals surface area contributed by atoms with E-state index in [0.717, 1.165) is 0 Å². The van der Waals surface area contributed by atoms with E-state index in [9.17, 15) is 17.4 Å². The second-order valence-corrected chi connectivity index (χ2v) is 8.67. The van der Waals surface area contributed by atoms with Gasteiger partial charge in [-0.1, -0.05) is 6.07 Å². The van der Waals surface area contributed by atoms with E-state index in [-0.39, 0.29) is 10.3 Å². The van der Waals surface area contributed by atoms with Crippen molar-refractivity contribution in [2.24, 2.45) is 0 Å². The van der Waals surface area contributed by atoms with Crippen molar-refractivity contribution in [3.8, 4) is 0 Å². The van der Waals surface area contributed by atoms with E-state index >= 15 is 0 Å². The van der Waals surface area contributed by atoms with Crippen LogP contribution < -0.4 is 9.67 Å². The van der Waals surface area contributed by atoms with Crippen molar-refractivity contribution >= 4 is 47.4 Å². The molecular weight excluding hydrogens is 389 g/mol. The smallest absolute Gasteiger partial charge is 0.345 e. The van der Waals surface area contributed by atoms with Gasteiger partial charge < -0.3 is 5.11 Å². The molecule has 0 spiro atoms. The molecule has 0 saturated heterocycles. The summed E-state index contributed by atoms with van der Waals surface area (Å²) >= 11 is -3.59. The van der Waals surface area contributed by atoms with Gasteiger partial charge in [-0.05, 0) is 11.4 Å². The van der Waals surface area contributed by atoms with E-state index in [0.29, 0.717) is 10.6 Å². The molecule has 0 bridgehead atoms. The van der Waals surface area contributed by atoms with Crippen molar-refractivity contribution in [3.63, 3.8) is 0 Å². The quantitative estimate of drug-likeness (QED) is 0.342. The Morgan fingerprint density at radius 1 is 1.26 bits per heavy atom. The summed E-state index contributed by atoms with van der Waals surface area (Å²) in [7, 11) is 0. The maximum Gasteiger partial charge on any atom is 0.345 e.